The molecule has 0 amide bonds. The van der Waals surface area contributed by atoms with Crippen LogP contribution in [0.1, 0.15) is 30.0 Å². The van der Waals surface area contributed by atoms with Gasteiger partial charge in [0.1, 0.15) is 0 Å². The molecule has 7 heteroatoms. The van der Waals surface area contributed by atoms with Crippen LogP contribution in [0.5, 0.6) is 0 Å². The van der Waals surface area contributed by atoms with Crippen LogP contribution in [0.4, 0.5) is 5.69 Å². The molecule has 0 saturated heterocycles. The van der Waals surface area contributed by atoms with Crippen LogP contribution in [0.25, 0.3) is 0 Å². The summed E-state index contributed by atoms with van der Waals surface area (Å²) < 4.78 is 27.8. The van der Waals surface area contributed by atoms with E-state index in [4.69, 9.17) is 0 Å². The molecule has 0 aromatic heterocycles. The van der Waals surface area contributed by atoms with Crippen LogP contribution in [-0.4, -0.2) is 13.3 Å². The molecule has 0 aliphatic heterocycles. The van der Waals surface area contributed by atoms with Gasteiger partial charge in [-0.15, -0.1) is 0 Å². The lowest BCUT2D eigenvalue weighted by Crippen LogP contribution is -2.31. The Morgan fingerprint density at radius 1 is 1.13 bits per heavy atom. The third kappa shape index (κ3) is 3.25. The molecule has 3 rings (SSSR count). The van der Waals surface area contributed by atoms with Gasteiger partial charge in [-0.25, -0.2) is 13.1 Å². The normalized spacial score (nSPS) is 17.5. The lowest BCUT2D eigenvalue weighted by atomic mass is 9.88. The zero-order valence-corrected chi connectivity index (χ0v) is 13.1. The minimum absolute atomic E-state index is 0.0882. The Morgan fingerprint density at radius 3 is 2.70 bits per heavy atom. The fourth-order valence-corrected chi connectivity index (χ4v) is 4.19. The molecule has 0 radical (unpaired) electrons. The zero-order chi connectivity index (χ0) is 16.4. The first-order valence-corrected chi connectivity index (χ1v) is 8.80. The number of hydrogen-bond acceptors (Lipinski definition) is 4. The van der Waals surface area contributed by atoms with E-state index in [0.717, 1.165) is 30.0 Å². The van der Waals surface area contributed by atoms with Crippen molar-refractivity contribution in [1.82, 2.24) is 4.72 Å². The van der Waals surface area contributed by atoms with Crippen molar-refractivity contribution in [3.63, 3.8) is 0 Å². The maximum atomic E-state index is 12.6. The van der Waals surface area contributed by atoms with Gasteiger partial charge in [-0.2, -0.15) is 0 Å². The SMILES string of the molecule is O=[N+]([O-])c1cccc(S(=O)(=O)NC2CCCc3ccccc32)c1. The molecule has 2 aromatic rings. The van der Waals surface area contributed by atoms with Gasteiger partial charge in [-0.05, 0) is 36.5 Å². The number of sulfonamides is 1. The summed E-state index contributed by atoms with van der Waals surface area (Å²) >= 11 is 0. The smallest absolute Gasteiger partial charge is 0.258 e. The average molecular weight is 332 g/mol. The van der Waals surface area contributed by atoms with Crippen molar-refractivity contribution >= 4 is 15.7 Å². The topological polar surface area (TPSA) is 89.3 Å². The molecule has 0 heterocycles. The van der Waals surface area contributed by atoms with Crippen LogP contribution in [0, 0.1) is 10.1 Å². The average Bonchev–Trinajstić information content (AvgIpc) is 2.55. The number of benzene rings is 2. The van der Waals surface area contributed by atoms with E-state index >= 15 is 0 Å². The van der Waals surface area contributed by atoms with E-state index in [1.165, 1.54) is 18.2 Å². The minimum Gasteiger partial charge on any atom is -0.258 e. The Balaban J connectivity index is 1.91. The first kappa shape index (κ1) is 15.6. The molecule has 23 heavy (non-hydrogen) atoms. The largest absolute Gasteiger partial charge is 0.270 e. The molecule has 1 N–H and O–H groups in total. The summed E-state index contributed by atoms with van der Waals surface area (Å²) in [6.07, 6.45) is 2.55. The van der Waals surface area contributed by atoms with Gasteiger partial charge in [0.2, 0.25) is 10.0 Å². The highest BCUT2D eigenvalue weighted by Crippen LogP contribution is 2.31. The lowest BCUT2D eigenvalue weighted by molar-refractivity contribution is -0.385. The van der Waals surface area contributed by atoms with Gasteiger partial charge in [0.05, 0.1) is 9.82 Å². The first-order chi connectivity index (χ1) is 11.0. The van der Waals surface area contributed by atoms with E-state index in [9.17, 15) is 18.5 Å². The fourth-order valence-electron chi connectivity index (χ4n) is 2.90. The lowest BCUT2D eigenvalue weighted by Gasteiger charge is -2.26. The number of non-ortho nitro benzene ring substituents is 1. The van der Waals surface area contributed by atoms with Gasteiger partial charge < -0.3 is 0 Å². The van der Waals surface area contributed by atoms with Crippen molar-refractivity contribution in [2.24, 2.45) is 0 Å². The summed E-state index contributed by atoms with van der Waals surface area (Å²) in [5.41, 5.74) is 1.88. The van der Waals surface area contributed by atoms with Crippen LogP contribution in [0.2, 0.25) is 0 Å². The van der Waals surface area contributed by atoms with Gasteiger partial charge in [-0.1, -0.05) is 30.3 Å². The van der Waals surface area contributed by atoms with Crippen molar-refractivity contribution < 1.29 is 13.3 Å². The van der Waals surface area contributed by atoms with Gasteiger partial charge in [0, 0.05) is 18.2 Å². The molecule has 1 atom stereocenters. The quantitative estimate of drug-likeness (QED) is 0.688. The summed E-state index contributed by atoms with van der Waals surface area (Å²) in [6.45, 7) is 0. The molecule has 120 valence electrons. The molecule has 0 saturated carbocycles. The van der Waals surface area contributed by atoms with Crippen LogP contribution in [-0.2, 0) is 16.4 Å². The highest BCUT2D eigenvalue weighted by atomic mass is 32.2. The monoisotopic (exact) mass is 332 g/mol. The predicted molar refractivity (Wildman–Crippen MR) is 85.5 cm³/mol. The Bertz CT molecular complexity index is 849. The number of nitrogens with one attached hydrogen (secondary N) is 1. The summed E-state index contributed by atoms with van der Waals surface area (Å²) in [5, 5.41) is 10.8. The number of rotatable bonds is 4. The number of hydrogen-bond donors (Lipinski definition) is 1. The van der Waals surface area contributed by atoms with Crippen LogP contribution in [0.3, 0.4) is 0 Å². The molecule has 6 nitrogen and oxygen atoms in total. The standard InChI is InChI=1S/C16H16N2O4S/c19-18(20)13-7-4-8-14(11-13)23(21,22)17-16-10-3-6-12-5-1-2-9-15(12)16/h1-2,4-5,7-9,11,16-17H,3,6,10H2. The molecular weight excluding hydrogens is 316 g/mol. The molecule has 2 aromatic carbocycles. The van der Waals surface area contributed by atoms with Crippen molar-refractivity contribution in [2.75, 3.05) is 0 Å². The second kappa shape index (κ2) is 6.10. The molecule has 0 spiro atoms. The van der Waals surface area contributed by atoms with Crippen LogP contribution >= 0.6 is 0 Å². The van der Waals surface area contributed by atoms with E-state index in [1.807, 2.05) is 24.3 Å². The second-order valence-electron chi connectivity index (χ2n) is 5.52. The highest BCUT2D eigenvalue weighted by Gasteiger charge is 2.26. The van der Waals surface area contributed by atoms with Crippen molar-refractivity contribution in [3.05, 3.63) is 69.8 Å². The number of aryl methyl sites for hydroxylation is 1. The summed E-state index contributed by atoms with van der Waals surface area (Å²) in [6, 6.07) is 12.6. The maximum Gasteiger partial charge on any atom is 0.270 e. The zero-order valence-electron chi connectivity index (χ0n) is 12.3. The molecule has 1 unspecified atom stereocenters. The third-order valence-electron chi connectivity index (χ3n) is 4.01. The van der Waals surface area contributed by atoms with Crippen molar-refractivity contribution in [2.45, 2.75) is 30.2 Å². The van der Waals surface area contributed by atoms with Crippen molar-refractivity contribution in [3.8, 4) is 0 Å². The maximum absolute atomic E-state index is 12.6. The Hall–Kier alpha value is -2.25. The van der Waals surface area contributed by atoms with E-state index in [1.54, 1.807) is 0 Å². The fraction of sp³-hybridized carbons (Fsp3) is 0.250. The third-order valence-corrected chi connectivity index (χ3v) is 5.47. The molecule has 0 bridgehead atoms. The predicted octanol–water partition coefficient (Wildman–Crippen LogP) is 2.95. The van der Waals surface area contributed by atoms with Gasteiger partial charge in [0.15, 0.2) is 0 Å². The highest BCUT2D eigenvalue weighted by molar-refractivity contribution is 7.89. The number of nitro benzene ring substituents is 1. The number of nitrogens with zero attached hydrogens (tertiary/aromatic N) is 1. The van der Waals surface area contributed by atoms with Gasteiger partial charge in [0.25, 0.3) is 5.69 Å². The second-order valence-corrected chi connectivity index (χ2v) is 7.23. The Morgan fingerprint density at radius 2 is 1.91 bits per heavy atom. The summed E-state index contributed by atoms with van der Waals surface area (Å²) in [5.74, 6) is 0. The summed E-state index contributed by atoms with van der Waals surface area (Å²) in [7, 11) is -3.81. The Kier molecular flexibility index (Phi) is 4.14. The van der Waals surface area contributed by atoms with E-state index in [0.29, 0.717) is 6.42 Å². The molecular formula is C16H16N2O4S. The molecule has 0 fully saturated rings. The van der Waals surface area contributed by atoms with Gasteiger partial charge >= 0.3 is 0 Å². The van der Waals surface area contributed by atoms with Crippen LogP contribution < -0.4 is 4.72 Å². The number of fused-ring (bicyclic) bond motifs is 1. The summed E-state index contributed by atoms with van der Waals surface area (Å²) in [4.78, 5) is 10.1. The molecule has 1 aliphatic rings. The van der Waals surface area contributed by atoms with Crippen LogP contribution in [0.15, 0.2) is 53.4 Å². The minimum atomic E-state index is -3.81. The van der Waals surface area contributed by atoms with E-state index in [2.05, 4.69) is 4.72 Å². The van der Waals surface area contributed by atoms with Crippen molar-refractivity contribution in [1.29, 1.82) is 0 Å². The van der Waals surface area contributed by atoms with E-state index in [-0.39, 0.29) is 16.6 Å². The van der Waals surface area contributed by atoms with Gasteiger partial charge in [-0.3, -0.25) is 10.1 Å². The van der Waals surface area contributed by atoms with E-state index < -0.39 is 14.9 Å². The molecule has 1 aliphatic carbocycles. The first-order valence-electron chi connectivity index (χ1n) is 7.32. The number of nitro groups is 1. The Labute approximate surface area is 134 Å².